The third-order valence-electron chi connectivity index (χ3n) is 5.57. The Kier molecular flexibility index (Phi) is 5.27. The second kappa shape index (κ2) is 7.70. The molecule has 1 saturated heterocycles. The largest absolute Gasteiger partial charge is 0.305 e. The molecular weight excluding hydrogens is 370 g/mol. The summed E-state index contributed by atoms with van der Waals surface area (Å²) in [5.41, 5.74) is 2.96. The van der Waals surface area contributed by atoms with Gasteiger partial charge < -0.3 is 4.90 Å². The van der Waals surface area contributed by atoms with Crippen LogP contribution in [0, 0.1) is 6.92 Å². The van der Waals surface area contributed by atoms with Crippen molar-refractivity contribution in [3.63, 3.8) is 0 Å². The van der Waals surface area contributed by atoms with Gasteiger partial charge in [-0.15, -0.1) is 0 Å². The van der Waals surface area contributed by atoms with Crippen LogP contribution in [0.2, 0.25) is 0 Å². The summed E-state index contributed by atoms with van der Waals surface area (Å²) in [6.07, 6.45) is 2.84. The molecule has 0 spiro atoms. The lowest BCUT2D eigenvalue weighted by molar-refractivity contribution is 0.270. The first-order chi connectivity index (χ1) is 13.4. The maximum Gasteiger partial charge on any atom is 0.268 e. The number of nitrogens with zero attached hydrogens (tertiary/aromatic N) is 3. The standard InChI is InChI=1S/C22H27N3O2S/c1-18-7-9-20(10-8-18)28(26,27)25-14-11-21-19(5-3-6-22(21)25)17-24-13-4-12-23(2)15-16-24/h3,5-11,14H,4,12-13,15-17H2,1-2H3. The minimum atomic E-state index is -3.61. The molecular formula is C22H27N3O2S. The molecule has 0 aliphatic carbocycles. The predicted molar refractivity (Wildman–Crippen MR) is 113 cm³/mol. The van der Waals surface area contributed by atoms with Gasteiger partial charge >= 0.3 is 0 Å². The van der Waals surface area contributed by atoms with E-state index in [9.17, 15) is 8.42 Å². The zero-order valence-corrected chi connectivity index (χ0v) is 17.3. The van der Waals surface area contributed by atoms with Crippen molar-refractivity contribution in [1.82, 2.24) is 13.8 Å². The van der Waals surface area contributed by atoms with Gasteiger partial charge in [-0.2, -0.15) is 0 Å². The summed E-state index contributed by atoms with van der Waals surface area (Å²) in [4.78, 5) is 5.14. The summed E-state index contributed by atoms with van der Waals surface area (Å²) < 4.78 is 27.7. The quantitative estimate of drug-likeness (QED) is 0.678. The van der Waals surface area contributed by atoms with E-state index in [-0.39, 0.29) is 0 Å². The molecule has 0 bridgehead atoms. The lowest BCUT2D eigenvalue weighted by Crippen LogP contribution is -2.28. The van der Waals surface area contributed by atoms with Gasteiger partial charge in [-0.3, -0.25) is 4.90 Å². The van der Waals surface area contributed by atoms with Crippen molar-refractivity contribution in [3.8, 4) is 0 Å². The molecule has 1 aliphatic rings. The third kappa shape index (κ3) is 3.72. The Balaban J connectivity index is 1.68. The highest BCUT2D eigenvalue weighted by atomic mass is 32.2. The maximum atomic E-state index is 13.2. The highest BCUT2D eigenvalue weighted by molar-refractivity contribution is 7.90. The Labute approximate surface area is 167 Å². The van der Waals surface area contributed by atoms with Gasteiger partial charge in [0.15, 0.2) is 0 Å². The van der Waals surface area contributed by atoms with E-state index in [0.29, 0.717) is 4.90 Å². The van der Waals surface area contributed by atoms with E-state index in [1.165, 1.54) is 9.54 Å². The Morgan fingerprint density at radius 3 is 2.50 bits per heavy atom. The summed E-state index contributed by atoms with van der Waals surface area (Å²) in [7, 11) is -1.44. The number of fused-ring (bicyclic) bond motifs is 1. The molecule has 28 heavy (non-hydrogen) atoms. The highest BCUT2D eigenvalue weighted by Crippen LogP contribution is 2.26. The lowest BCUT2D eigenvalue weighted by atomic mass is 10.1. The molecule has 0 amide bonds. The molecule has 0 atom stereocenters. The minimum absolute atomic E-state index is 0.316. The van der Waals surface area contributed by atoms with Crippen molar-refractivity contribution in [2.24, 2.45) is 0 Å². The van der Waals surface area contributed by atoms with Gasteiger partial charge in [-0.25, -0.2) is 12.4 Å². The van der Waals surface area contributed by atoms with Gasteiger partial charge in [0.2, 0.25) is 0 Å². The normalized spacial score (nSPS) is 17.1. The summed E-state index contributed by atoms with van der Waals surface area (Å²) in [6, 6.07) is 14.9. The molecule has 1 aromatic heterocycles. The number of aryl methyl sites for hydroxylation is 1. The molecule has 1 aliphatic heterocycles. The van der Waals surface area contributed by atoms with Gasteiger partial charge in [0, 0.05) is 31.2 Å². The molecule has 5 nitrogen and oxygen atoms in total. The first-order valence-electron chi connectivity index (χ1n) is 9.77. The van der Waals surface area contributed by atoms with E-state index >= 15 is 0 Å². The minimum Gasteiger partial charge on any atom is -0.305 e. The predicted octanol–water partition coefficient (Wildman–Crippen LogP) is 3.32. The first-order valence-corrected chi connectivity index (χ1v) is 11.2. The van der Waals surface area contributed by atoms with E-state index in [0.717, 1.165) is 55.6 Å². The van der Waals surface area contributed by atoms with Crippen molar-refractivity contribution in [1.29, 1.82) is 0 Å². The fourth-order valence-electron chi connectivity index (χ4n) is 3.88. The van der Waals surface area contributed by atoms with E-state index in [2.05, 4.69) is 22.9 Å². The van der Waals surface area contributed by atoms with Gasteiger partial charge in [0.1, 0.15) is 0 Å². The van der Waals surface area contributed by atoms with Crippen LogP contribution in [-0.2, 0) is 16.6 Å². The molecule has 2 aromatic carbocycles. The van der Waals surface area contributed by atoms with Crippen LogP contribution in [-0.4, -0.2) is 55.4 Å². The van der Waals surface area contributed by atoms with Gasteiger partial charge in [0.25, 0.3) is 10.0 Å². The van der Waals surface area contributed by atoms with Crippen molar-refractivity contribution in [2.45, 2.75) is 24.8 Å². The topological polar surface area (TPSA) is 45.6 Å². The van der Waals surface area contributed by atoms with Gasteiger partial charge in [-0.1, -0.05) is 29.8 Å². The Morgan fingerprint density at radius 2 is 1.71 bits per heavy atom. The molecule has 0 N–H and O–H groups in total. The van der Waals surface area contributed by atoms with E-state index < -0.39 is 10.0 Å². The first kappa shape index (κ1) is 19.2. The Bertz CT molecular complexity index is 1070. The van der Waals surface area contributed by atoms with Crippen LogP contribution in [0.3, 0.4) is 0 Å². The number of aromatic nitrogens is 1. The number of benzene rings is 2. The van der Waals surface area contributed by atoms with Crippen molar-refractivity contribution >= 4 is 20.9 Å². The summed E-state index contributed by atoms with van der Waals surface area (Å²) in [6.45, 7) is 7.11. The summed E-state index contributed by atoms with van der Waals surface area (Å²) in [5.74, 6) is 0. The second-order valence-corrected chi connectivity index (χ2v) is 9.53. The van der Waals surface area contributed by atoms with Crippen LogP contribution < -0.4 is 0 Å². The van der Waals surface area contributed by atoms with Crippen LogP contribution >= 0.6 is 0 Å². The Hall–Kier alpha value is -2.15. The van der Waals surface area contributed by atoms with Crippen molar-refractivity contribution < 1.29 is 8.42 Å². The molecule has 4 rings (SSSR count). The van der Waals surface area contributed by atoms with Crippen LogP contribution in [0.25, 0.3) is 10.9 Å². The molecule has 1 fully saturated rings. The van der Waals surface area contributed by atoms with Crippen LogP contribution in [0.5, 0.6) is 0 Å². The van der Waals surface area contributed by atoms with Gasteiger partial charge in [-0.05, 0) is 63.3 Å². The smallest absolute Gasteiger partial charge is 0.268 e. The third-order valence-corrected chi connectivity index (χ3v) is 7.28. The number of likely N-dealkylation sites (N-methyl/N-ethyl adjacent to an activating group) is 1. The zero-order valence-electron chi connectivity index (χ0n) is 16.5. The van der Waals surface area contributed by atoms with E-state index in [4.69, 9.17) is 0 Å². The van der Waals surface area contributed by atoms with Crippen LogP contribution in [0.15, 0.2) is 59.6 Å². The molecule has 2 heterocycles. The molecule has 0 saturated carbocycles. The van der Waals surface area contributed by atoms with Crippen molar-refractivity contribution in [2.75, 3.05) is 33.2 Å². The summed E-state index contributed by atoms with van der Waals surface area (Å²) >= 11 is 0. The van der Waals surface area contributed by atoms with E-state index in [1.807, 2.05) is 37.3 Å². The highest BCUT2D eigenvalue weighted by Gasteiger charge is 2.20. The molecule has 148 valence electrons. The number of hydrogen-bond acceptors (Lipinski definition) is 4. The van der Waals surface area contributed by atoms with E-state index in [1.54, 1.807) is 18.3 Å². The molecule has 6 heteroatoms. The summed E-state index contributed by atoms with van der Waals surface area (Å²) in [5, 5.41) is 1.01. The number of hydrogen-bond donors (Lipinski definition) is 0. The molecule has 0 unspecified atom stereocenters. The maximum absolute atomic E-state index is 13.2. The molecule has 3 aromatic rings. The average Bonchev–Trinajstić information content (AvgIpc) is 3.02. The number of rotatable bonds is 4. The zero-order chi connectivity index (χ0) is 19.7. The monoisotopic (exact) mass is 397 g/mol. The van der Waals surface area contributed by atoms with Crippen LogP contribution in [0.1, 0.15) is 17.5 Å². The fraction of sp³-hybridized carbons (Fsp3) is 0.364. The molecule has 0 radical (unpaired) electrons. The Morgan fingerprint density at radius 1 is 0.929 bits per heavy atom. The van der Waals surface area contributed by atoms with Crippen LogP contribution in [0.4, 0.5) is 0 Å². The average molecular weight is 398 g/mol. The van der Waals surface area contributed by atoms with Crippen molar-refractivity contribution in [3.05, 3.63) is 65.9 Å². The second-order valence-electron chi connectivity index (χ2n) is 7.71. The van der Waals surface area contributed by atoms with Gasteiger partial charge in [0.05, 0.1) is 10.4 Å². The fourth-order valence-corrected chi connectivity index (χ4v) is 5.22. The SMILES string of the molecule is Cc1ccc(S(=O)(=O)n2ccc3c(CN4CCCN(C)CC4)cccc32)cc1. The lowest BCUT2D eigenvalue weighted by Gasteiger charge is -2.20.